The fourth-order valence-electron chi connectivity index (χ4n) is 2.79. The molecule has 2 heterocycles. The number of carbonyl (C=O) groups is 1. The first kappa shape index (κ1) is 16.7. The predicted octanol–water partition coefficient (Wildman–Crippen LogP) is 0.0319. The third kappa shape index (κ3) is 3.56. The van der Waals surface area contributed by atoms with E-state index in [1.807, 2.05) is 13.0 Å². The van der Waals surface area contributed by atoms with Gasteiger partial charge >= 0.3 is 0 Å². The lowest BCUT2D eigenvalue weighted by atomic mass is 10.1. The van der Waals surface area contributed by atoms with E-state index >= 15 is 0 Å². The molecule has 1 aromatic rings. The number of aryl methyl sites for hydroxylation is 2. The third-order valence-electron chi connectivity index (χ3n) is 3.87. The Balaban J connectivity index is 2.09. The summed E-state index contributed by atoms with van der Waals surface area (Å²) in [6, 6.07) is 1.15. The van der Waals surface area contributed by atoms with Crippen LogP contribution in [0.5, 0.6) is 0 Å². The number of amides is 1. The van der Waals surface area contributed by atoms with Gasteiger partial charge in [0.1, 0.15) is 6.04 Å². The number of rotatable bonds is 4. The molecular weight excluding hydrogens is 306 g/mol. The van der Waals surface area contributed by atoms with E-state index in [4.69, 9.17) is 0 Å². The quantitative estimate of drug-likeness (QED) is 0.815. The lowest BCUT2D eigenvalue weighted by Crippen LogP contribution is -2.45. The van der Waals surface area contributed by atoms with Crippen molar-refractivity contribution in [3.05, 3.63) is 33.2 Å². The standard InChI is InChI=1S/C14H21N3O4S/c1-9-7-10(2)16-13(18)11(9)8-15-14(19)12-5-4-6-17(12)22(3,20)21/h7,12H,4-6,8H2,1-3H3,(H,15,19)(H,16,18). The Morgan fingerprint density at radius 1 is 1.45 bits per heavy atom. The van der Waals surface area contributed by atoms with Gasteiger partial charge in [0.05, 0.1) is 6.26 Å². The Kier molecular flexibility index (Phi) is 4.72. The Morgan fingerprint density at radius 3 is 2.73 bits per heavy atom. The summed E-state index contributed by atoms with van der Waals surface area (Å²) in [5.74, 6) is -0.359. The van der Waals surface area contributed by atoms with Crippen LogP contribution in [0, 0.1) is 13.8 Å². The maximum Gasteiger partial charge on any atom is 0.253 e. The number of hydrogen-bond acceptors (Lipinski definition) is 4. The van der Waals surface area contributed by atoms with Gasteiger partial charge in [-0.1, -0.05) is 0 Å². The third-order valence-corrected chi connectivity index (χ3v) is 5.15. The average molecular weight is 327 g/mol. The van der Waals surface area contributed by atoms with Crippen LogP contribution >= 0.6 is 0 Å². The first-order valence-electron chi connectivity index (χ1n) is 7.14. The van der Waals surface area contributed by atoms with Gasteiger partial charge in [0.15, 0.2) is 0 Å². The SMILES string of the molecule is Cc1cc(C)c(CNC(=O)C2CCCN2S(C)(=O)=O)c(=O)[nH]1. The van der Waals surface area contributed by atoms with E-state index in [0.29, 0.717) is 24.9 Å². The maximum absolute atomic E-state index is 12.2. The minimum absolute atomic E-state index is 0.0916. The van der Waals surface area contributed by atoms with Crippen LogP contribution in [-0.4, -0.2) is 42.5 Å². The zero-order valence-electron chi connectivity index (χ0n) is 13.0. The summed E-state index contributed by atoms with van der Waals surface area (Å²) in [6.07, 6.45) is 2.27. The van der Waals surface area contributed by atoms with Crippen LogP contribution in [-0.2, 0) is 21.4 Å². The van der Waals surface area contributed by atoms with Gasteiger partial charge in [0.25, 0.3) is 5.56 Å². The number of hydrogen-bond donors (Lipinski definition) is 2. The zero-order chi connectivity index (χ0) is 16.5. The molecule has 8 heteroatoms. The lowest BCUT2D eigenvalue weighted by Gasteiger charge is -2.21. The summed E-state index contributed by atoms with van der Waals surface area (Å²) in [5.41, 5.74) is 1.82. The molecule has 22 heavy (non-hydrogen) atoms. The number of aromatic amines is 1. The second-order valence-electron chi connectivity index (χ2n) is 5.69. The van der Waals surface area contributed by atoms with E-state index in [9.17, 15) is 18.0 Å². The first-order chi connectivity index (χ1) is 10.2. The van der Waals surface area contributed by atoms with Gasteiger partial charge in [-0.05, 0) is 38.3 Å². The largest absolute Gasteiger partial charge is 0.350 e. The van der Waals surface area contributed by atoms with E-state index in [1.165, 1.54) is 4.31 Å². The van der Waals surface area contributed by atoms with Crippen molar-refractivity contribution in [2.75, 3.05) is 12.8 Å². The van der Waals surface area contributed by atoms with Gasteiger partial charge in [0, 0.05) is 24.3 Å². The summed E-state index contributed by atoms with van der Waals surface area (Å²) in [7, 11) is -3.40. The van der Waals surface area contributed by atoms with Gasteiger partial charge in [-0.3, -0.25) is 9.59 Å². The highest BCUT2D eigenvalue weighted by atomic mass is 32.2. The van der Waals surface area contributed by atoms with Crippen molar-refractivity contribution in [3.63, 3.8) is 0 Å². The van der Waals surface area contributed by atoms with E-state index in [-0.39, 0.29) is 18.0 Å². The van der Waals surface area contributed by atoms with Crippen LogP contribution in [0.4, 0.5) is 0 Å². The second kappa shape index (κ2) is 6.21. The van der Waals surface area contributed by atoms with E-state index < -0.39 is 16.1 Å². The van der Waals surface area contributed by atoms with Crippen molar-refractivity contribution in [2.24, 2.45) is 0 Å². The molecule has 0 aliphatic carbocycles. The Bertz CT molecular complexity index is 739. The summed E-state index contributed by atoms with van der Waals surface area (Å²) in [4.78, 5) is 26.8. The van der Waals surface area contributed by atoms with Crippen LogP contribution in [0.15, 0.2) is 10.9 Å². The van der Waals surface area contributed by atoms with Gasteiger partial charge < -0.3 is 10.3 Å². The summed E-state index contributed by atoms with van der Waals surface area (Å²) in [5, 5.41) is 2.68. The summed E-state index contributed by atoms with van der Waals surface area (Å²) < 4.78 is 24.5. The topological polar surface area (TPSA) is 99.3 Å². The number of carbonyl (C=O) groups excluding carboxylic acids is 1. The van der Waals surface area contributed by atoms with Crippen molar-refractivity contribution in [1.82, 2.24) is 14.6 Å². The molecule has 2 N–H and O–H groups in total. The minimum atomic E-state index is -3.40. The molecular formula is C14H21N3O4S. The number of sulfonamides is 1. The Hall–Kier alpha value is -1.67. The molecule has 0 aromatic carbocycles. The molecule has 122 valence electrons. The van der Waals surface area contributed by atoms with E-state index in [2.05, 4.69) is 10.3 Å². The molecule has 0 bridgehead atoms. The van der Waals surface area contributed by atoms with Crippen molar-refractivity contribution < 1.29 is 13.2 Å². The minimum Gasteiger partial charge on any atom is -0.350 e. The van der Waals surface area contributed by atoms with Crippen LogP contribution < -0.4 is 10.9 Å². The molecule has 1 saturated heterocycles. The molecule has 0 spiro atoms. The molecule has 1 aliphatic heterocycles. The van der Waals surface area contributed by atoms with Gasteiger partial charge in [0.2, 0.25) is 15.9 Å². The first-order valence-corrected chi connectivity index (χ1v) is 8.99. The van der Waals surface area contributed by atoms with Crippen molar-refractivity contribution in [3.8, 4) is 0 Å². The van der Waals surface area contributed by atoms with Crippen LogP contribution in [0.3, 0.4) is 0 Å². The smallest absolute Gasteiger partial charge is 0.253 e. The van der Waals surface area contributed by atoms with Crippen LogP contribution in [0.2, 0.25) is 0 Å². The fraction of sp³-hybridized carbons (Fsp3) is 0.571. The molecule has 0 saturated carbocycles. The van der Waals surface area contributed by atoms with Crippen molar-refractivity contribution in [1.29, 1.82) is 0 Å². The van der Waals surface area contributed by atoms with E-state index in [0.717, 1.165) is 17.5 Å². The van der Waals surface area contributed by atoms with Crippen LogP contribution in [0.25, 0.3) is 0 Å². The second-order valence-corrected chi connectivity index (χ2v) is 7.63. The highest BCUT2D eigenvalue weighted by Crippen LogP contribution is 2.20. The Labute approximate surface area is 129 Å². The molecule has 1 unspecified atom stereocenters. The van der Waals surface area contributed by atoms with Gasteiger partial charge in [-0.15, -0.1) is 0 Å². The molecule has 1 aromatic heterocycles. The molecule has 1 aliphatic rings. The molecule has 0 radical (unpaired) electrons. The van der Waals surface area contributed by atoms with Crippen LogP contribution in [0.1, 0.15) is 29.7 Å². The average Bonchev–Trinajstić information content (AvgIpc) is 2.86. The van der Waals surface area contributed by atoms with Crippen molar-refractivity contribution in [2.45, 2.75) is 39.3 Å². The number of aromatic nitrogens is 1. The number of nitrogens with one attached hydrogen (secondary N) is 2. The molecule has 1 fully saturated rings. The monoisotopic (exact) mass is 327 g/mol. The highest BCUT2D eigenvalue weighted by molar-refractivity contribution is 7.88. The van der Waals surface area contributed by atoms with Gasteiger partial charge in [-0.25, -0.2) is 8.42 Å². The number of pyridine rings is 1. The summed E-state index contributed by atoms with van der Waals surface area (Å²) >= 11 is 0. The van der Waals surface area contributed by atoms with E-state index in [1.54, 1.807) is 6.92 Å². The zero-order valence-corrected chi connectivity index (χ0v) is 13.8. The Morgan fingerprint density at radius 2 is 2.14 bits per heavy atom. The summed E-state index contributed by atoms with van der Waals surface area (Å²) in [6.45, 7) is 4.05. The number of H-pyrrole nitrogens is 1. The van der Waals surface area contributed by atoms with Crippen molar-refractivity contribution >= 4 is 15.9 Å². The number of nitrogens with zero attached hydrogens (tertiary/aromatic N) is 1. The lowest BCUT2D eigenvalue weighted by molar-refractivity contribution is -0.124. The fourth-order valence-corrected chi connectivity index (χ4v) is 3.92. The maximum atomic E-state index is 12.2. The highest BCUT2D eigenvalue weighted by Gasteiger charge is 2.36. The van der Waals surface area contributed by atoms with Gasteiger partial charge in [-0.2, -0.15) is 4.31 Å². The molecule has 2 rings (SSSR count). The molecule has 1 atom stereocenters. The molecule has 1 amide bonds. The normalized spacial score (nSPS) is 19.3. The predicted molar refractivity (Wildman–Crippen MR) is 83.0 cm³/mol. The molecule has 7 nitrogen and oxygen atoms in total.